The fourth-order valence-corrected chi connectivity index (χ4v) is 5.42. The van der Waals surface area contributed by atoms with E-state index in [1.54, 1.807) is 24.3 Å². The lowest BCUT2D eigenvalue weighted by molar-refractivity contribution is 0.0697. The molecule has 7 heteroatoms. The molecule has 3 aromatic rings. The van der Waals surface area contributed by atoms with Crippen LogP contribution in [0.1, 0.15) is 53.4 Å². The van der Waals surface area contributed by atoms with Crippen LogP contribution in [0.4, 0.5) is 0 Å². The Labute approximate surface area is 194 Å². The molecule has 0 aliphatic carbocycles. The minimum absolute atomic E-state index is 0.110. The number of halogens is 1. The summed E-state index contributed by atoms with van der Waals surface area (Å²) in [7, 11) is -3.86. The Kier molecular flexibility index (Phi) is 7.72. The summed E-state index contributed by atoms with van der Waals surface area (Å²) in [4.78, 5) is 11.3. The first-order valence-electron chi connectivity index (χ1n) is 10.4. The van der Waals surface area contributed by atoms with Crippen LogP contribution in [-0.2, 0) is 23.0 Å². The van der Waals surface area contributed by atoms with E-state index in [2.05, 4.69) is 6.92 Å². The highest BCUT2D eigenvalue weighted by Gasteiger charge is 2.32. The quantitative estimate of drug-likeness (QED) is 0.419. The van der Waals surface area contributed by atoms with E-state index in [1.807, 2.05) is 31.2 Å². The van der Waals surface area contributed by atoms with E-state index in [4.69, 9.17) is 16.7 Å². The van der Waals surface area contributed by atoms with Gasteiger partial charge >= 0.3 is 5.97 Å². The van der Waals surface area contributed by atoms with E-state index in [9.17, 15) is 13.2 Å². The number of aryl methyl sites for hydroxylation is 1. The molecule has 168 valence electrons. The standard InChI is InChI=1S/C25H26ClNO4S/c1-3-18-5-9-20(10-6-18)24(4-2)27(17-19-7-11-21(12-8-19)25(28)29)32(30,31)23-15-13-22(26)14-16-23/h5-16,24H,3-4,17H2,1-2H3,(H,28,29). The van der Waals surface area contributed by atoms with E-state index in [-0.39, 0.29) is 23.0 Å². The third kappa shape index (κ3) is 5.38. The number of rotatable bonds is 9. The summed E-state index contributed by atoms with van der Waals surface area (Å²) >= 11 is 5.97. The summed E-state index contributed by atoms with van der Waals surface area (Å²) < 4.78 is 28.9. The molecule has 1 N–H and O–H groups in total. The van der Waals surface area contributed by atoms with Gasteiger partial charge in [-0.25, -0.2) is 13.2 Å². The lowest BCUT2D eigenvalue weighted by Gasteiger charge is -2.31. The van der Waals surface area contributed by atoms with Gasteiger partial charge in [0.15, 0.2) is 0 Å². The Bertz CT molecular complexity index is 1160. The zero-order valence-electron chi connectivity index (χ0n) is 18.0. The minimum Gasteiger partial charge on any atom is -0.478 e. The highest BCUT2D eigenvalue weighted by atomic mass is 35.5. The van der Waals surface area contributed by atoms with Crippen molar-refractivity contribution in [1.82, 2.24) is 4.31 Å². The van der Waals surface area contributed by atoms with Crippen LogP contribution < -0.4 is 0 Å². The highest BCUT2D eigenvalue weighted by molar-refractivity contribution is 7.89. The lowest BCUT2D eigenvalue weighted by Crippen LogP contribution is -2.34. The van der Waals surface area contributed by atoms with Crippen molar-refractivity contribution >= 4 is 27.6 Å². The van der Waals surface area contributed by atoms with Gasteiger partial charge in [0.1, 0.15) is 0 Å². The summed E-state index contributed by atoms with van der Waals surface area (Å²) in [5.74, 6) is -1.02. The van der Waals surface area contributed by atoms with Crippen LogP contribution in [0.5, 0.6) is 0 Å². The van der Waals surface area contributed by atoms with E-state index < -0.39 is 16.0 Å². The molecule has 0 aromatic heterocycles. The van der Waals surface area contributed by atoms with Gasteiger partial charge in [0, 0.05) is 11.6 Å². The predicted molar refractivity (Wildman–Crippen MR) is 126 cm³/mol. The number of hydrogen-bond donors (Lipinski definition) is 1. The molecule has 0 heterocycles. The van der Waals surface area contributed by atoms with E-state index >= 15 is 0 Å². The first kappa shape index (κ1) is 24.0. The number of carbonyl (C=O) groups is 1. The first-order chi connectivity index (χ1) is 15.3. The third-order valence-corrected chi connectivity index (χ3v) is 7.59. The van der Waals surface area contributed by atoms with Gasteiger partial charge in [0.2, 0.25) is 10.0 Å². The normalized spacial score (nSPS) is 12.6. The van der Waals surface area contributed by atoms with Crippen LogP contribution in [-0.4, -0.2) is 23.8 Å². The molecule has 1 unspecified atom stereocenters. The lowest BCUT2D eigenvalue weighted by atomic mass is 10.0. The molecule has 3 rings (SSSR count). The van der Waals surface area contributed by atoms with Crippen molar-refractivity contribution in [2.45, 2.75) is 44.2 Å². The summed E-state index contributed by atoms with van der Waals surface area (Å²) in [6.45, 7) is 4.14. The Morgan fingerprint density at radius 2 is 1.47 bits per heavy atom. The number of benzene rings is 3. The summed E-state index contributed by atoms with van der Waals surface area (Å²) in [5, 5.41) is 9.62. The molecule has 0 bridgehead atoms. The smallest absolute Gasteiger partial charge is 0.335 e. The second kappa shape index (κ2) is 10.3. The number of aromatic carboxylic acids is 1. The Morgan fingerprint density at radius 3 is 1.97 bits per heavy atom. The van der Waals surface area contributed by atoms with Gasteiger partial charge in [0.25, 0.3) is 0 Å². The molecular weight excluding hydrogens is 446 g/mol. The fraction of sp³-hybridized carbons (Fsp3) is 0.240. The number of sulfonamides is 1. The summed E-state index contributed by atoms with van der Waals surface area (Å²) in [5.41, 5.74) is 2.95. The fourth-order valence-electron chi connectivity index (χ4n) is 3.62. The first-order valence-corrected chi connectivity index (χ1v) is 12.3. The van der Waals surface area contributed by atoms with Crippen molar-refractivity contribution in [2.24, 2.45) is 0 Å². The maximum absolute atomic E-state index is 13.7. The van der Waals surface area contributed by atoms with E-state index in [1.165, 1.54) is 34.1 Å². The van der Waals surface area contributed by atoms with Crippen LogP contribution in [0.15, 0.2) is 77.7 Å². The molecule has 0 aliphatic heterocycles. The molecule has 0 fully saturated rings. The van der Waals surface area contributed by atoms with Gasteiger partial charge in [0.05, 0.1) is 16.5 Å². The second-order valence-corrected chi connectivity index (χ2v) is 9.85. The average molecular weight is 472 g/mol. The van der Waals surface area contributed by atoms with Gasteiger partial charge in [-0.3, -0.25) is 0 Å². The molecule has 1 atom stereocenters. The van der Waals surface area contributed by atoms with E-state index in [0.717, 1.165) is 12.0 Å². The van der Waals surface area contributed by atoms with Gasteiger partial charge in [-0.05, 0) is 65.9 Å². The van der Waals surface area contributed by atoms with Crippen LogP contribution >= 0.6 is 11.6 Å². The maximum atomic E-state index is 13.7. The monoisotopic (exact) mass is 471 g/mol. The molecule has 0 amide bonds. The maximum Gasteiger partial charge on any atom is 0.335 e. The number of hydrogen-bond acceptors (Lipinski definition) is 3. The van der Waals surface area contributed by atoms with Gasteiger partial charge in [-0.1, -0.05) is 61.8 Å². The minimum atomic E-state index is -3.86. The molecule has 0 radical (unpaired) electrons. The Balaban J connectivity index is 2.06. The molecule has 0 saturated carbocycles. The van der Waals surface area contributed by atoms with Crippen LogP contribution in [0.2, 0.25) is 5.02 Å². The Morgan fingerprint density at radius 1 is 0.906 bits per heavy atom. The van der Waals surface area contributed by atoms with Crippen LogP contribution in [0, 0.1) is 0 Å². The molecule has 5 nitrogen and oxygen atoms in total. The molecule has 0 spiro atoms. The zero-order chi connectivity index (χ0) is 23.3. The van der Waals surface area contributed by atoms with Crippen molar-refractivity contribution < 1.29 is 18.3 Å². The van der Waals surface area contributed by atoms with Crippen molar-refractivity contribution in [3.8, 4) is 0 Å². The molecule has 0 aliphatic rings. The number of carboxylic acid groups (broad SMARTS) is 1. The highest BCUT2D eigenvalue weighted by Crippen LogP contribution is 2.33. The van der Waals surface area contributed by atoms with Crippen molar-refractivity contribution in [3.05, 3.63) is 100 Å². The zero-order valence-corrected chi connectivity index (χ0v) is 19.6. The van der Waals surface area contributed by atoms with Gasteiger partial charge in [-0.2, -0.15) is 4.31 Å². The van der Waals surface area contributed by atoms with Crippen LogP contribution in [0.25, 0.3) is 0 Å². The topological polar surface area (TPSA) is 74.7 Å². The van der Waals surface area contributed by atoms with Crippen molar-refractivity contribution in [1.29, 1.82) is 0 Å². The largest absolute Gasteiger partial charge is 0.478 e. The predicted octanol–water partition coefficient (Wildman–Crippen LogP) is 5.94. The summed E-state index contributed by atoms with van der Waals surface area (Å²) in [6, 6.07) is 20.0. The molecular formula is C25H26ClNO4S. The average Bonchev–Trinajstić information content (AvgIpc) is 2.80. The summed E-state index contributed by atoms with van der Waals surface area (Å²) in [6.07, 6.45) is 1.48. The van der Waals surface area contributed by atoms with Gasteiger partial charge in [-0.15, -0.1) is 0 Å². The molecule has 0 saturated heterocycles. The SMILES string of the molecule is CCc1ccc(C(CC)N(Cc2ccc(C(=O)O)cc2)S(=O)(=O)c2ccc(Cl)cc2)cc1. The van der Waals surface area contributed by atoms with Crippen LogP contribution in [0.3, 0.4) is 0 Å². The number of nitrogens with zero attached hydrogens (tertiary/aromatic N) is 1. The molecule has 32 heavy (non-hydrogen) atoms. The number of carboxylic acids is 1. The van der Waals surface area contributed by atoms with Crippen molar-refractivity contribution in [3.63, 3.8) is 0 Å². The van der Waals surface area contributed by atoms with Gasteiger partial charge < -0.3 is 5.11 Å². The second-order valence-electron chi connectivity index (χ2n) is 7.53. The van der Waals surface area contributed by atoms with Crippen molar-refractivity contribution in [2.75, 3.05) is 0 Å². The van der Waals surface area contributed by atoms with E-state index in [0.29, 0.717) is 17.0 Å². The third-order valence-electron chi connectivity index (χ3n) is 5.47. The molecule has 3 aromatic carbocycles. The Hall–Kier alpha value is -2.67.